The van der Waals surface area contributed by atoms with Crippen LogP contribution in [0.25, 0.3) is 10.2 Å². The topological polar surface area (TPSA) is 38.1 Å². The van der Waals surface area contributed by atoms with Gasteiger partial charge < -0.3 is 0 Å². The molecule has 9 heteroatoms. The van der Waals surface area contributed by atoms with E-state index in [0.29, 0.717) is 39.0 Å². The van der Waals surface area contributed by atoms with Gasteiger partial charge in [-0.2, -0.15) is 0 Å². The van der Waals surface area contributed by atoms with Crippen LogP contribution in [0.2, 0.25) is 10.0 Å². The molecule has 0 saturated carbocycles. The van der Waals surface area contributed by atoms with Gasteiger partial charge in [0.1, 0.15) is 0 Å². The first-order valence-corrected chi connectivity index (χ1v) is 14.3. The van der Waals surface area contributed by atoms with E-state index in [4.69, 9.17) is 28.3 Å². The van der Waals surface area contributed by atoms with E-state index in [2.05, 4.69) is 56.1 Å². The van der Waals surface area contributed by atoms with Crippen LogP contribution in [0.1, 0.15) is 27.3 Å². The third-order valence-electron chi connectivity index (χ3n) is 5.49. The van der Waals surface area contributed by atoms with Gasteiger partial charge in [0.25, 0.3) is 0 Å². The van der Waals surface area contributed by atoms with Crippen molar-refractivity contribution in [3.05, 3.63) is 95.0 Å². The molecule has 0 aliphatic carbocycles. The first-order chi connectivity index (χ1) is 15.4. The van der Waals surface area contributed by atoms with E-state index in [-0.39, 0.29) is 5.91 Å². The Labute approximate surface area is 218 Å². The predicted octanol–water partition coefficient (Wildman–Crippen LogP) is 5.90. The van der Waals surface area contributed by atoms with Crippen molar-refractivity contribution in [2.45, 2.75) is 13.0 Å². The van der Waals surface area contributed by atoms with Crippen molar-refractivity contribution in [3.8, 4) is 5.69 Å². The second-order valence-electron chi connectivity index (χ2n) is 7.48. The number of carbonyl (C=O) groups excluding carboxylic acids is 1. The fourth-order valence-corrected chi connectivity index (χ4v) is 8.64. The molecular formula is C23H17Br2Cl2N3OSe. The number of fused-ring (bicyclic) bond motifs is 1. The fourth-order valence-electron chi connectivity index (χ4n) is 3.92. The van der Waals surface area contributed by atoms with Crippen molar-refractivity contribution in [1.82, 2.24) is 14.7 Å². The minimum absolute atomic E-state index is 0.0953. The Bertz CT molecular complexity index is 1320. The summed E-state index contributed by atoms with van der Waals surface area (Å²) in [7, 11) is 0. The summed E-state index contributed by atoms with van der Waals surface area (Å²) in [5.74, 6) is -0.0953. The molecule has 1 aromatic heterocycles. The molecule has 0 spiro atoms. The Kier molecular flexibility index (Phi) is 6.40. The van der Waals surface area contributed by atoms with Crippen LogP contribution >= 0.6 is 55.1 Å². The number of amides is 1. The summed E-state index contributed by atoms with van der Waals surface area (Å²) >= 11 is 19.4. The van der Waals surface area contributed by atoms with Crippen molar-refractivity contribution in [1.29, 1.82) is 0 Å². The van der Waals surface area contributed by atoms with Gasteiger partial charge in [-0.05, 0) is 0 Å². The van der Waals surface area contributed by atoms with Gasteiger partial charge in [0.2, 0.25) is 0 Å². The van der Waals surface area contributed by atoms with E-state index in [1.54, 1.807) is 16.8 Å². The quantitative estimate of drug-likeness (QED) is 0.329. The first-order valence-electron chi connectivity index (χ1n) is 9.87. The number of allylic oxidation sites excluding steroid dienone is 2. The normalized spacial score (nSPS) is 16.7. The second kappa shape index (κ2) is 9.13. The standard InChI is InChI=1S/C23H17Br2Cl2N3OSe/c24-19-8-7-18(32-19)22-20(25)21(28-30(22)17-6-5-15(26)11-16(17)27)23(31)29-10-9-13-3-1-2-4-14(13)12-29/h1-8,11H,9-10,12,32H2. The van der Waals surface area contributed by atoms with Crippen LogP contribution in [-0.4, -0.2) is 42.1 Å². The molecule has 4 nitrogen and oxygen atoms in total. The van der Waals surface area contributed by atoms with Crippen LogP contribution in [-0.2, 0) is 13.0 Å². The molecule has 1 amide bonds. The van der Waals surface area contributed by atoms with Gasteiger partial charge >= 0.3 is 220 Å². The van der Waals surface area contributed by atoms with Crippen molar-refractivity contribution >= 4 is 80.4 Å². The SMILES string of the molecule is O=C(c1nn(-c2ccc(Cl)cc2Cl)c(C2=CC=C(Br)[SeH2]2)c1Br)N1CCc2ccccc2C1. The van der Waals surface area contributed by atoms with Crippen LogP contribution in [0.3, 0.4) is 0 Å². The third kappa shape index (κ3) is 4.15. The molecule has 3 aromatic rings. The van der Waals surface area contributed by atoms with E-state index in [0.717, 1.165) is 16.6 Å². The fraction of sp³-hybridized carbons (Fsp3) is 0.130. The van der Waals surface area contributed by atoms with Gasteiger partial charge in [0.15, 0.2) is 0 Å². The molecule has 3 heterocycles. The number of hydrogen-bond donors (Lipinski definition) is 0. The number of aromatic nitrogens is 2. The number of nitrogens with zero attached hydrogens (tertiary/aromatic N) is 3. The summed E-state index contributed by atoms with van der Waals surface area (Å²) in [5.41, 5.74) is 4.42. The second-order valence-corrected chi connectivity index (χ2v) is 14.3. The van der Waals surface area contributed by atoms with Crippen LogP contribution in [0.15, 0.2) is 62.5 Å². The summed E-state index contributed by atoms with van der Waals surface area (Å²) in [6, 6.07) is 13.6. The number of halogens is 4. The van der Waals surface area contributed by atoms with Gasteiger partial charge in [0, 0.05) is 0 Å². The number of carbonyl (C=O) groups is 1. The molecule has 0 unspecified atom stereocenters. The molecule has 32 heavy (non-hydrogen) atoms. The number of benzene rings is 2. The van der Waals surface area contributed by atoms with Gasteiger partial charge in [0.05, 0.1) is 0 Å². The van der Waals surface area contributed by atoms with E-state index >= 15 is 0 Å². The molecular weight excluding hydrogens is 644 g/mol. The van der Waals surface area contributed by atoms with Crippen molar-refractivity contribution < 1.29 is 4.79 Å². The number of rotatable bonds is 3. The molecule has 0 fully saturated rings. The molecule has 2 aromatic carbocycles. The zero-order valence-corrected chi connectivity index (χ0v) is 23.4. The van der Waals surface area contributed by atoms with Gasteiger partial charge in [-0.15, -0.1) is 0 Å². The average Bonchev–Trinajstić information content (AvgIpc) is 3.35. The first kappa shape index (κ1) is 22.5. The molecule has 2 aliphatic heterocycles. The van der Waals surface area contributed by atoms with Gasteiger partial charge in [-0.25, -0.2) is 0 Å². The summed E-state index contributed by atoms with van der Waals surface area (Å²) in [6.07, 6.45) is 4.98. The van der Waals surface area contributed by atoms with E-state index < -0.39 is 15.0 Å². The Balaban J connectivity index is 1.58. The Morgan fingerprint density at radius 3 is 2.56 bits per heavy atom. The molecule has 0 atom stereocenters. The summed E-state index contributed by atoms with van der Waals surface area (Å²) < 4.78 is 4.81. The van der Waals surface area contributed by atoms with Crippen LogP contribution in [0, 0.1) is 0 Å². The molecule has 164 valence electrons. The summed E-state index contributed by atoms with van der Waals surface area (Å²) in [6.45, 7) is 1.24. The molecule has 0 N–H and O–H groups in total. The average molecular weight is 661 g/mol. The van der Waals surface area contributed by atoms with Gasteiger partial charge in [-0.1, -0.05) is 0 Å². The Hall–Kier alpha value is -1.34. The predicted molar refractivity (Wildman–Crippen MR) is 140 cm³/mol. The molecule has 0 radical (unpaired) electrons. The van der Waals surface area contributed by atoms with Crippen LogP contribution < -0.4 is 0 Å². The van der Waals surface area contributed by atoms with Crippen LogP contribution in [0.5, 0.6) is 0 Å². The van der Waals surface area contributed by atoms with E-state index in [9.17, 15) is 4.79 Å². The minimum atomic E-state index is -0.563. The summed E-state index contributed by atoms with van der Waals surface area (Å²) in [5, 5.41) is 5.79. The maximum atomic E-state index is 13.6. The van der Waals surface area contributed by atoms with Gasteiger partial charge in [-0.3, -0.25) is 0 Å². The number of hydrogen-bond acceptors (Lipinski definition) is 2. The maximum absolute atomic E-state index is 13.6. The molecule has 2 aliphatic rings. The molecule has 0 bridgehead atoms. The molecule has 0 saturated heterocycles. The van der Waals surface area contributed by atoms with Crippen molar-refractivity contribution in [2.24, 2.45) is 0 Å². The van der Waals surface area contributed by atoms with E-state index in [1.165, 1.54) is 14.5 Å². The van der Waals surface area contributed by atoms with E-state index in [1.807, 2.05) is 23.1 Å². The third-order valence-corrected chi connectivity index (χ3v) is 10.3. The Morgan fingerprint density at radius 2 is 1.84 bits per heavy atom. The Morgan fingerprint density at radius 1 is 1.06 bits per heavy atom. The zero-order valence-electron chi connectivity index (χ0n) is 16.6. The van der Waals surface area contributed by atoms with Crippen molar-refractivity contribution in [2.75, 3.05) is 6.54 Å². The summed E-state index contributed by atoms with van der Waals surface area (Å²) in [4.78, 5) is 15.4. The molecule has 5 rings (SSSR count). The van der Waals surface area contributed by atoms with Crippen molar-refractivity contribution in [3.63, 3.8) is 0 Å². The van der Waals surface area contributed by atoms with Crippen LogP contribution in [0.4, 0.5) is 0 Å². The zero-order chi connectivity index (χ0) is 22.4. The monoisotopic (exact) mass is 659 g/mol.